The molecule has 0 aromatic heterocycles. The summed E-state index contributed by atoms with van der Waals surface area (Å²) in [6.45, 7) is 3.92. The molecule has 4 unspecified atom stereocenters. The van der Waals surface area contributed by atoms with E-state index in [9.17, 15) is 19.8 Å². The van der Waals surface area contributed by atoms with Crippen molar-refractivity contribution in [3.8, 4) is 17.2 Å². The predicted molar refractivity (Wildman–Crippen MR) is 155 cm³/mol. The molecule has 2 aromatic carbocycles. The standard InChI is InChI=1S/C32H40N2O7/c1-4-5-6-7-12-28(36)34(17-15-21-19-22(39-2)13-14-26(21)40-3)25-20-24(32(38)33-16-18-35)29-23-10-8-9-11-27(23)41-31(29)30(25)37/h4,8-11,13-14,19-20,25,29-31,35,37H,1,5-7,12,15-18H2,2-3H3,(H,33,38). The molecule has 0 fully saturated rings. The van der Waals surface area contributed by atoms with E-state index in [4.69, 9.17) is 14.2 Å². The Morgan fingerprint density at radius 3 is 2.68 bits per heavy atom. The quantitative estimate of drug-likeness (QED) is 0.238. The van der Waals surface area contributed by atoms with Crippen molar-refractivity contribution in [2.24, 2.45) is 0 Å². The predicted octanol–water partition coefficient (Wildman–Crippen LogP) is 3.14. The molecule has 1 heterocycles. The molecule has 1 aliphatic heterocycles. The van der Waals surface area contributed by atoms with Gasteiger partial charge in [0.05, 0.1) is 32.8 Å². The van der Waals surface area contributed by atoms with Crippen LogP contribution in [-0.2, 0) is 16.0 Å². The second-order valence-electron chi connectivity index (χ2n) is 10.2. The fourth-order valence-corrected chi connectivity index (χ4v) is 5.66. The number of carbonyl (C=O) groups is 2. The molecular formula is C32H40N2O7. The molecule has 3 N–H and O–H groups in total. The fourth-order valence-electron chi connectivity index (χ4n) is 5.66. The normalized spacial score (nSPS) is 20.6. The van der Waals surface area contributed by atoms with Crippen LogP contribution >= 0.6 is 0 Å². The molecule has 9 heteroatoms. The lowest BCUT2D eigenvalue weighted by Crippen LogP contribution is -2.56. The lowest BCUT2D eigenvalue weighted by atomic mass is 9.77. The minimum Gasteiger partial charge on any atom is -0.497 e. The maximum atomic E-state index is 13.7. The summed E-state index contributed by atoms with van der Waals surface area (Å²) in [5, 5.41) is 23.8. The van der Waals surface area contributed by atoms with Gasteiger partial charge in [0, 0.05) is 30.6 Å². The highest BCUT2D eigenvalue weighted by Crippen LogP contribution is 2.47. The molecule has 41 heavy (non-hydrogen) atoms. The first-order valence-corrected chi connectivity index (χ1v) is 14.1. The van der Waals surface area contributed by atoms with E-state index >= 15 is 0 Å². The molecule has 1 aliphatic carbocycles. The van der Waals surface area contributed by atoms with Crippen molar-refractivity contribution < 1.29 is 34.0 Å². The Hall–Kier alpha value is -3.82. The van der Waals surface area contributed by atoms with Gasteiger partial charge in [-0.15, -0.1) is 6.58 Å². The van der Waals surface area contributed by atoms with Crippen molar-refractivity contribution in [1.29, 1.82) is 0 Å². The fraction of sp³-hybridized carbons (Fsp3) is 0.438. The molecule has 9 nitrogen and oxygen atoms in total. The zero-order chi connectivity index (χ0) is 29.4. The first-order valence-electron chi connectivity index (χ1n) is 14.1. The molecule has 0 saturated heterocycles. The van der Waals surface area contributed by atoms with Gasteiger partial charge in [-0.3, -0.25) is 9.59 Å². The third-order valence-corrected chi connectivity index (χ3v) is 7.72. The SMILES string of the molecule is C=CCCCCC(=O)N(CCc1cc(OC)ccc1OC)C1C=C(C(=O)NCCO)C2c3ccccc3OC2C1O. The summed E-state index contributed by atoms with van der Waals surface area (Å²) in [6.07, 6.45) is 4.75. The monoisotopic (exact) mass is 564 g/mol. The number of aliphatic hydroxyl groups excluding tert-OH is 2. The van der Waals surface area contributed by atoms with Gasteiger partial charge in [0.25, 0.3) is 0 Å². The molecule has 0 spiro atoms. The average Bonchev–Trinajstić information content (AvgIpc) is 3.39. The molecule has 4 rings (SSSR count). The van der Waals surface area contributed by atoms with E-state index in [0.717, 1.165) is 24.0 Å². The number of para-hydroxylation sites is 1. The lowest BCUT2D eigenvalue weighted by molar-refractivity contribution is -0.137. The largest absolute Gasteiger partial charge is 0.497 e. The summed E-state index contributed by atoms with van der Waals surface area (Å²) in [5.41, 5.74) is 2.07. The number of benzene rings is 2. The Bertz CT molecular complexity index is 1260. The highest BCUT2D eigenvalue weighted by Gasteiger charge is 2.50. The van der Waals surface area contributed by atoms with Crippen LogP contribution in [0.15, 0.2) is 66.8 Å². The third kappa shape index (κ3) is 6.74. The van der Waals surface area contributed by atoms with Gasteiger partial charge in [-0.1, -0.05) is 24.3 Å². The van der Waals surface area contributed by atoms with Crippen molar-refractivity contribution in [2.45, 2.75) is 56.3 Å². The number of hydrogen-bond acceptors (Lipinski definition) is 7. The Labute approximate surface area is 241 Å². The van der Waals surface area contributed by atoms with Crippen molar-refractivity contribution in [2.75, 3.05) is 33.9 Å². The van der Waals surface area contributed by atoms with E-state index in [1.165, 1.54) is 0 Å². The van der Waals surface area contributed by atoms with Crippen LogP contribution in [0, 0.1) is 0 Å². The van der Waals surface area contributed by atoms with Crippen molar-refractivity contribution in [1.82, 2.24) is 10.2 Å². The number of amides is 2. The topological polar surface area (TPSA) is 118 Å². The van der Waals surface area contributed by atoms with E-state index < -0.39 is 24.2 Å². The van der Waals surface area contributed by atoms with E-state index in [0.29, 0.717) is 42.1 Å². The number of ether oxygens (including phenoxy) is 3. The third-order valence-electron chi connectivity index (χ3n) is 7.72. The van der Waals surface area contributed by atoms with Gasteiger partial charge >= 0.3 is 0 Å². The van der Waals surface area contributed by atoms with Gasteiger partial charge in [0.1, 0.15) is 29.5 Å². The Kier molecular flexibility index (Phi) is 10.4. The zero-order valence-electron chi connectivity index (χ0n) is 23.8. The smallest absolute Gasteiger partial charge is 0.247 e. The molecule has 2 aliphatic rings. The van der Waals surface area contributed by atoms with E-state index in [1.54, 1.807) is 25.2 Å². The Morgan fingerprint density at radius 2 is 1.95 bits per heavy atom. The molecule has 2 aromatic rings. The second kappa shape index (κ2) is 14.2. The number of fused-ring (bicyclic) bond motifs is 3. The van der Waals surface area contributed by atoms with Gasteiger partial charge in [0.2, 0.25) is 11.8 Å². The molecular weight excluding hydrogens is 524 g/mol. The highest BCUT2D eigenvalue weighted by molar-refractivity contribution is 5.96. The molecule has 4 atom stereocenters. The number of nitrogens with zero attached hydrogens (tertiary/aromatic N) is 1. The molecule has 220 valence electrons. The van der Waals surface area contributed by atoms with Crippen LogP contribution in [0.5, 0.6) is 17.2 Å². The van der Waals surface area contributed by atoms with Crippen LogP contribution < -0.4 is 19.5 Å². The second-order valence-corrected chi connectivity index (χ2v) is 10.2. The Balaban J connectivity index is 1.69. The number of unbranched alkanes of at least 4 members (excludes halogenated alkanes) is 2. The van der Waals surface area contributed by atoms with Gasteiger partial charge < -0.3 is 34.6 Å². The van der Waals surface area contributed by atoms with Crippen LogP contribution in [0.2, 0.25) is 0 Å². The minimum absolute atomic E-state index is 0.0882. The summed E-state index contributed by atoms with van der Waals surface area (Å²) < 4.78 is 17.2. The van der Waals surface area contributed by atoms with Crippen molar-refractivity contribution in [3.05, 3.63) is 77.9 Å². The van der Waals surface area contributed by atoms with Gasteiger partial charge in [-0.05, 0) is 61.6 Å². The summed E-state index contributed by atoms with van der Waals surface area (Å²) in [5.74, 6) is 0.955. The summed E-state index contributed by atoms with van der Waals surface area (Å²) >= 11 is 0. The number of allylic oxidation sites excluding steroid dienone is 1. The maximum absolute atomic E-state index is 13.7. The zero-order valence-corrected chi connectivity index (χ0v) is 23.8. The van der Waals surface area contributed by atoms with Crippen LogP contribution in [0.1, 0.15) is 42.7 Å². The summed E-state index contributed by atoms with van der Waals surface area (Å²) in [4.78, 5) is 28.8. The number of hydrogen-bond donors (Lipinski definition) is 3. The number of rotatable bonds is 14. The number of carbonyl (C=O) groups excluding carboxylic acids is 2. The summed E-state index contributed by atoms with van der Waals surface area (Å²) in [7, 11) is 3.18. The molecule has 2 amide bonds. The maximum Gasteiger partial charge on any atom is 0.247 e. The average molecular weight is 565 g/mol. The highest BCUT2D eigenvalue weighted by atomic mass is 16.5. The van der Waals surface area contributed by atoms with E-state index in [-0.39, 0.29) is 31.5 Å². The molecule has 0 saturated carbocycles. The van der Waals surface area contributed by atoms with Gasteiger partial charge in [0.15, 0.2) is 0 Å². The minimum atomic E-state index is -1.08. The van der Waals surface area contributed by atoms with Crippen LogP contribution in [0.3, 0.4) is 0 Å². The number of aliphatic hydroxyl groups is 2. The van der Waals surface area contributed by atoms with Crippen LogP contribution in [0.4, 0.5) is 0 Å². The van der Waals surface area contributed by atoms with Crippen molar-refractivity contribution >= 4 is 11.8 Å². The van der Waals surface area contributed by atoms with Gasteiger partial charge in [-0.2, -0.15) is 0 Å². The van der Waals surface area contributed by atoms with Crippen molar-refractivity contribution in [3.63, 3.8) is 0 Å². The first-order chi connectivity index (χ1) is 19.9. The van der Waals surface area contributed by atoms with E-state index in [2.05, 4.69) is 11.9 Å². The molecule has 0 radical (unpaired) electrons. The number of nitrogens with one attached hydrogen (secondary N) is 1. The van der Waals surface area contributed by atoms with Crippen LogP contribution in [-0.4, -0.2) is 79.1 Å². The lowest BCUT2D eigenvalue weighted by Gasteiger charge is -2.41. The van der Waals surface area contributed by atoms with E-state index in [1.807, 2.05) is 48.5 Å². The number of methoxy groups -OCH3 is 2. The Morgan fingerprint density at radius 1 is 1.15 bits per heavy atom. The van der Waals surface area contributed by atoms with Crippen LogP contribution in [0.25, 0.3) is 0 Å². The van der Waals surface area contributed by atoms with Gasteiger partial charge in [-0.25, -0.2) is 0 Å². The summed E-state index contributed by atoms with van der Waals surface area (Å²) in [6, 6.07) is 12.1. The molecule has 0 bridgehead atoms. The first kappa shape index (κ1) is 30.1.